The third-order valence-electron chi connectivity index (χ3n) is 3.23. The first kappa shape index (κ1) is 15.0. The molecule has 0 spiro atoms. The molecule has 0 aliphatic carbocycles. The van der Waals surface area contributed by atoms with E-state index in [1.54, 1.807) is 7.11 Å². The summed E-state index contributed by atoms with van der Waals surface area (Å²) in [5.41, 5.74) is 5.12. The SMILES string of the molecule is CCn1cc(CC(NN)c2ccc(OC)c(Br)c2)cn1. The van der Waals surface area contributed by atoms with Crippen molar-refractivity contribution in [3.8, 4) is 5.75 Å². The summed E-state index contributed by atoms with van der Waals surface area (Å²) in [4.78, 5) is 0. The van der Waals surface area contributed by atoms with Crippen molar-refractivity contribution >= 4 is 15.9 Å². The van der Waals surface area contributed by atoms with Gasteiger partial charge in [0.2, 0.25) is 0 Å². The largest absolute Gasteiger partial charge is 0.496 e. The second-order valence-corrected chi connectivity index (χ2v) is 5.38. The van der Waals surface area contributed by atoms with Crippen LogP contribution in [0.2, 0.25) is 0 Å². The minimum Gasteiger partial charge on any atom is -0.496 e. The van der Waals surface area contributed by atoms with E-state index in [4.69, 9.17) is 10.6 Å². The Morgan fingerprint density at radius 3 is 2.85 bits per heavy atom. The van der Waals surface area contributed by atoms with Gasteiger partial charge in [0.25, 0.3) is 0 Å². The maximum absolute atomic E-state index is 5.69. The molecule has 20 heavy (non-hydrogen) atoms. The first-order valence-corrected chi connectivity index (χ1v) is 7.28. The Labute approximate surface area is 127 Å². The third-order valence-corrected chi connectivity index (χ3v) is 3.85. The van der Waals surface area contributed by atoms with Gasteiger partial charge < -0.3 is 4.74 Å². The van der Waals surface area contributed by atoms with Crippen molar-refractivity contribution in [2.75, 3.05) is 7.11 Å². The van der Waals surface area contributed by atoms with Crippen LogP contribution < -0.4 is 16.0 Å². The number of nitrogens with two attached hydrogens (primary N) is 1. The van der Waals surface area contributed by atoms with E-state index in [2.05, 4.69) is 33.4 Å². The number of methoxy groups -OCH3 is 1. The fourth-order valence-corrected chi connectivity index (χ4v) is 2.65. The number of rotatable bonds is 6. The number of hydrazine groups is 1. The summed E-state index contributed by atoms with van der Waals surface area (Å²) < 4.78 is 8.07. The molecule has 0 aliphatic rings. The summed E-state index contributed by atoms with van der Waals surface area (Å²) in [6, 6.07) is 6.00. The molecule has 1 aromatic heterocycles. The Kier molecular flexibility index (Phi) is 5.17. The molecule has 3 N–H and O–H groups in total. The number of nitrogens with one attached hydrogen (secondary N) is 1. The number of nitrogens with zero attached hydrogens (tertiary/aromatic N) is 2. The van der Waals surface area contributed by atoms with Crippen LogP contribution in [0.4, 0.5) is 0 Å². The number of hydrogen-bond donors (Lipinski definition) is 2. The van der Waals surface area contributed by atoms with Gasteiger partial charge in [0.1, 0.15) is 5.75 Å². The molecule has 1 heterocycles. The van der Waals surface area contributed by atoms with Crippen LogP contribution >= 0.6 is 15.9 Å². The lowest BCUT2D eigenvalue weighted by Gasteiger charge is -2.16. The van der Waals surface area contributed by atoms with Crippen molar-refractivity contribution in [1.29, 1.82) is 0 Å². The van der Waals surface area contributed by atoms with Crippen LogP contribution in [-0.4, -0.2) is 16.9 Å². The van der Waals surface area contributed by atoms with Crippen LogP contribution in [-0.2, 0) is 13.0 Å². The highest BCUT2D eigenvalue weighted by molar-refractivity contribution is 9.10. The summed E-state index contributed by atoms with van der Waals surface area (Å²) in [6.07, 6.45) is 4.71. The van der Waals surface area contributed by atoms with Crippen LogP contribution in [0.25, 0.3) is 0 Å². The average molecular weight is 339 g/mol. The topological polar surface area (TPSA) is 65.1 Å². The second kappa shape index (κ2) is 6.88. The van der Waals surface area contributed by atoms with Crippen molar-refractivity contribution in [2.24, 2.45) is 5.84 Å². The zero-order valence-electron chi connectivity index (χ0n) is 11.6. The van der Waals surface area contributed by atoms with Gasteiger partial charge in [-0.1, -0.05) is 6.07 Å². The van der Waals surface area contributed by atoms with Crippen molar-refractivity contribution < 1.29 is 4.74 Å². The lowest BCUT2D eigenvalue weighted by atomic mass is 10.0. The number of hydrogen-bond acceptors (Lipinski definition) is 4. The van der Waals surface area contributed by atoms with E-state index in [1.165, 1.54) is 0 Å². The van der Waals surface area contributed by atoms with E-state index in [0.717, 1.165) is 34.3 Å². The molecule has 1 aromatic carbocycles. The van der Waals surface area contributed by atoms with Crippen LogP contribution in [0.15, 0.2) is 35.1 Å². The number of aryl methyl sites for hydroxylation is 1. The van der Waals surface area contributed by atoms with E-state index in [9.17, 15) is 0 Å². The highest BCUT2D eigenvalue weighted by Gasteiger charge is 2.13. The molecular formula is C14H19BrN4O. The molecular weight excluding hydrogens is 320 g/mol. The predicted molar refractivity (Wildman–Crippen MR) is 82.4 cm³/mol. The van der Waals surface area contributed by atoms with Gasteiger partial charge in [-0.2, -0.15) is 5.10 Å². The molecule has 5 nitrogen and oxygen atoms in total. The standard InChI is InChI=1S/C14H19BrN4O/c1-3-19-9-10(8-17-19)6-13(18-16)11-4-5-14(20-2)12(15)7-11/h4-5,7-9,13,18H,3,6,16H2,1-2H3. The Morgan fingerprint density at radius 1 is 1.50 bits per heavy atom. The maximum atomic E-state index is 5.69. The number of benzene rings is 1. The minimum atomic E-state index is 0.0340. The first-order chi connectivity index (χ1) is 9.67. The first-order valence-electron chi connectivity index (χ1n) is 6.48. The molecule has 6 heteroatoms. The molecule has 0 aliphatic heterocycles. The smallest absolute Gasteiger partial charge is 0.133 e. The van der Waals surface area contributed by atoms with Gasteiger partial charge in [-0.25, -0.2) is 0 Å². The number of aromatic nitrogens is 2. The van der Waals surface area contributed by atoms with E-state index in [1.807, 2.05) is 35.3 Å². The van der Waals surface area contributed by atoms with Crippen molar-refractivity contribution in [3.05, 3.63) is 46.2 Å². The molecule has 108 valence electrons. The molecule has 0 saturated heterocycles. The van der Waals surface area contributed by atoms with E-state index >= 15 is 0 Å². The average Bonchev–Trinajstić information content (AvgIpc) is 2.92. The molecule has 0 amide bonds. The van der Waals surface area contributed by atoms with Gasteiger partial charge in [0, 0.05) is 12.7 Å². The van der Waals surface area contributed by atoms with E-state index < -0.39 is 0 Å². The zero-order valence-corrected chi connectivity index (χ0v) is 13.2. The van der Waals surface area contributed by atoms with Crippen LogP contribution in [0.1, 0.15) is 24.1 Å². The van der Waals surface area contributed by atoms with E-state index in [0.29, 0.717) is 0 Å². The zero-order chi connectivity index (χ0) is 14.5. The third kappa shape index (κ3) is 3.39. The van der Waals surface area contributed by atoms with Gasteiger partial charge in [-0.05, 0) is 52.5 Å². The molecule has 2 rings (SSSR count). The lowest BCUT2D eigenvalue weighted by molar-refractivity contribution is 0.411. The molecule has 1 atom stereocenters. The number of halogens is 1. The fraction of sp³-hybridized carbons (Fsp3) is 0.357. The minimum absolute atomic E-state index is 0.0340. The summed E-state index contributed by atoms with van der Waals surface area (Å²) in [7, 11) is 1.65. The normalized spacial score (nSPS) is 12.4. The predicted octanol–water partition coefficient (Wildman–Crippen LogP) is 2.42. The summed E-state index contributed by atoms with van der Waals surface area (Å²) in [5.74, 6) is 6.50. The number of ether oxygens (including phenoxy) is 1. The van der Waals surface area contributed by atoms with Crippen molar-refractivity contribution in [2.45, 2.75) is 25.9 Å². The van der Waals surface area contributed by atoms with Crippen LogP contribution in [0, 0.1) is 0 Å². The molecule has 0 fully saturated rings. The van der Waals surface area contributed by atoms with E-state index in [-0.39, 0.29) is 6.04 Å². The molecule has 0 saturated carbocycles. The Morgan fingerprint density at radius 2 is 2.30 bits per heavy atom. The van der Waals surface area contributed by atoms with Crippen LogP contribution in [0.5, 0.6) is 5.75 Å². The fourth-order valence-electron chi connectivity index (χ4n) is 2.09. The Hall–Kier alpha value is -1.37. The second-order valence-electron chi connectivity index (χ2n) is 4.52. The molecule has 2 aromatic rings. The van der Waals surface area contributed by atoms with Gasteiger partial charge in [-0.15, -0.1) is 0 Å². The summed E-state index contributed by atoms with van der Waals surface area (Å²) in [6.45, 7) is 2.94. The van der Waals surface area contributed by atoms with Gasteiger partial charge in [0.15, 0.2) is 0 Å². The van der Waals surface area contributed by atoms with Gasteiger partial charge in [-0.3, -0.25) is 16.0 Å². The van der Waals surface area contributed by atoms with Crippen molar-refractivity contribution in [3.63, 3.8) is 0 Å². The Bertz CT molecular complexity index is 570. The van der Waals surface area contributed by atoms with Gasteiger partial charge >= 0.3 is 0 Å². The van der Waals surface area contributed by atoms with Gasteiger partial charge in [0.05, 0.1) is 23.8 Å². The van der Waals surface area contributed by atoms with Crippen molar-refractivity contribution in [1.82, 2.24) is 15.2 Å². The quantitative estimate of drug-likeness (QED) is 0.627. The summed E-state index contributed by atoms with van der Waals surface area (Å²) >= 11 is 3.50. The molecule has 0 bridgehead atoms. The highest BCUT2D eigenvalue weighted by atomic mass is 79.9. The monoisotopic (exact) mass is 338 g/mol. The highest BCUT2D eigenvalue weighted by Crippen LogP contribution is 2.29. The van der Waals surface area contributed by atoms with Crippen LogP contribution in [0.3, 0.4) is 0 Å². The lowest BCUT2D eigenvalue weighted by Crippen LogP contribution is -2.29. The molecule has 0 radical (unpaired) electrons. The summed E-state index contributed by atoms with van der Waals surface area (Å²) in [5, 5.41) is 4.28. The molecule has 1 unspecified atom stereocenters. The Balaban J connectivity index is 2.17. The maximum Gasteiger partial charge on any atom is 0.133 e.